The van der Waals surface area contributed by atoms with Crippen LogP contribution in [0.25, 0.3) is 38.3 Å². The van der Waals surface area contributed by atoms with Gasteiger partial charge in [0, 0.05) is 81.3 Å². The quantitative estimate of drug-likeness (QED) is 0.0876. The van der Waals surface area contributed by atoms with Crippen LogP contribution in [0.3, 0.4) is 0 Å². The minimum Gasteiger partial charge on any atom is -0.496 e. The summed E-state index contributed by atoms with van der Waals surface area (Å²) in [7, 11) is 3.75. The Morgan fingerprint density at radius 1 is 0.938 bits per heavy atom. The van der Waals surface area contributed by atoms with Crippen LogP contribution in [0, 0.1) is 0 Å². The highest BCUT2D eigenvalue weighted by Crippen LogP contribution is 2.47. The van der Waals surface area contributed by atoms with Gasteiger partial charge in [0.15, 0.2) is 5.82 Å². The van der Waals surface area contributed by atoms with Crippen molar-refractivity contribution in [2.75, 3.05) is 60.1 Å². The molecule has 0 saturated carbocycles. The summed E-state index contributed by atoms with van der Waals surface area (Å²) < 4.78 is 35.9. The molecule has 2 aliphatic rings. The Bertz CT molecular complexity index is 2680. The van der Waals surface area contributed by atoms with E-state index in [1.165, 1.54) is 11.5 Å². The number of pyridine rings is 2. The van der Waals surface area contributed by atoms with E-state index in [1.54, 1.807) is 37.8 Å². The number of fused-ring (bicyclic) bond motifs is 1. The second-order valence-electron chi connectivity index (χ2n) is 15.5. The molecule has 0 spiro atoms. The van der Waals surface area contributed by atoms with Crippen LogP contribution in [0.15, 0.2) is 102 Å². The highest BCUT2D eigenvalue weighted by molar-refractivity contribution is 7.13. The molecule has 0 unspecified atom stereocenters. The molecule has 1 N–H and O–H groups in total. The number of halogens is 1. The summed E-state index contributed by atoms with van der Waals surface area (Å²) in [4.78, 5) is 36.4. The molecule has 5 heterocycles. The van der Waals surface area contributed by atoms with Crippen LogP contribution < -0.4 is 18.9 Å². The number of allylic oxidation sites excluding steroid dienone is 4. The lowest BCUT2D eigenvalue weighted by molar-refractivity contribution is -0.145. The van der Waals surface area contributed by atoms with Gasteiger partial charge in [0.2, 0.25) is 17.9 Å². The Morgan fingerprint density at radius 2 is 1.72 bits per heavy atom. The Balaban J connectivity index is 1.09. The van der Waals surface area contributed by atoms with Crippen LogP contribution in [0.4, 0.5) is 0 Å². The van der Waals surface area contributed by atoms with Crippen LogP contribution in [0.2, 0.25) is 0 Å². The first-order valence-electron chi connectivity index (χ1n) is 21.3. The van der Waals surface area contributed by atoms with E-state index >= 15 is 0 Å². The van der Waals surface area contributed by atoms with Crippen molar-refractivity contribution < 1.29 is 33.6 Å². The summed E-state index contributed by atoms with van der Waals surface area (Å²) in [6, 6.07) is 20.3. The number of aromatic nitrogens is 5. The fourth-order valence-electron chi connectivity index (χ4n) is 7.90. The van der Waals surface area contributed by atoms with Crippen molar-refractivity contribution in [3.8, 4) is 45.9 Å². The standard InChI is InChI=1S/C48H50ClN7O7S/c1-5-60-41-27-32(16-18-50-41)45-42(34-14-15-38(44(49)30(34)2)61-25-24-56-22-20-55(3)21-23-56)43-40(28-52-45)64-54-47(43)63-39(48(57)58)26-31-10-6-8-12-36(31)62-29-33-17-19-51-46(53-33)35-11-7-9-13-37(35)59-4/h6-13,16-19,27-28,39H,5,14-15,20-26,29H2,1-4H3,(H,57,58)/t39-/m1/s1. The Labute approximate surface area is 381 Å². The average molecular weight is 904 g/mol. The number of carboxylic acids is 1. The molecule has 1 saturated heterocycles. The summed E-state index contributed by atoms with van der Waals surface area (Å²) >= 11 is 8.37. The van der Waals surface area contributed by atoms with E-state index in [2.05, 4.69) is 26.8 Å². The smallest absolute Gasteiger partial charge is 0.345 e. The number of benzene rings is 2. The van der Waals surface area contributed by atoms with Crippen LogP contribution in [0.1, 0.15) is 43.5 Å². The first kappa shape index (κ1) is 44.5. The molecular weight excluding hydrogens is 854 g/mol. The molecule has 2 aromatic carbocycles. The van der Waals surface area contributed by atoms with E-state index in [9.17, 15) is 9.90 Å². The first-order chi connectivity index (χ1) is 31.2. The summed E-state index contributed by atoms with van der Waals surface area (Å²) in [5, 5.41) is 11.9. The van der Waals surface area contributed by atoms with Crippen molar-refractivity contribution in [1.29, 1.82) is 0 Å². The molecule has 8 rings (SSSR count). The summed E-state index contributed by atoms with van der Waals surface area (Å²) in [6.45, 7) is 9.91. The van der Waals surface area contributed by atoms with E-state index in [0.717, 1.165) is 71.0 Å². The van der Waals surface area contributed by atoms with Gasteiger partial charge in [0.25, 0.3) is 0 Å². The Kier molecular flexibility index (Phi) is 14.3. The van der Waals surface area contributed by atoms with Gasteiger partial charge in [-0.05, 0) is 85.9 Å². The van der Waals surface area contributed by atoms with Crippen LogP contribution in [-0.2, 0) is 22.6 Å². The molecule has 64 heavy (non-hydrogen) atoms. The SMILES string of the molecule is CCOc1cc(-c2ncc3snc(O[C@H](Cc4ccccc4OCc4ccnc(-c5ccccc5OC)n4)C(=O)O)c3c2C2=C(C)C(Cl)=C(OCCN3CCN(C)CC3)CC2)ccn1. The van der Waals surface area contributed by atoms with Gasteiger partial charge in [-0.2, -0.15) is 4.37 Å². The number of carboxylic acid groups (broad SMARTS) is 1. The second kappa shape index (κ2) is 20.6. The number of aliphatic carboxylic acids is 1. The molecule has 1 fully saturated rings. The fraction of sp³-hybridized carbons (Fsp3) is 0.333. The van der Waals surface area contributed by atoms with E-state index in [4.69, 9.17) is 49.6 Å². The third-order valence-electron chi connectivity index (χ3n) is 11.3. The number of methoxy groups -OCH3 is 1. The Hall–Kier alpha value is -6.13. The summed E-state index contributed by atoms with van der Waals surface area (Å²) in [5.41, 5.74) is 5.97. The monoisotopic (exact) mass is 903 g/mol. The summed E-state index contributed by atoms with van der Waals surface area (Å²) in [5.74, 6) is 1.90. The molecule has 16 heteroatoms. The maximum absolute atomic E-state index is 13.1. The third kappa shape index (κ3) is 10.1. The molecule has 14 nitrogen and oxygen atoms in total. The number of piperazine rings is 1. The first-order valence-corrected chi connectivity index (χ1v) is 22.4. The molecule has 6 aromatic rings. The van der Waals surface area contributed by atoms with E-state index in [-0.39, 0.29) is 18.9 Å². The summed E-state index contributed by atoms with van der Waals surface area (Å²) in [6.07, 6.45) is 4.93. The maximum Gasteiger partial charge on any atom is 0.345 e. The number of nitrogens with zero attached hydrogens (tertiary/aromatic N) is 7. The minimum absolute atomic E-state index is 0.0127. The predicted molar refractivity (Wildman–Crippen MR) is 247 cm³/mol. The molecule has 4 aromatic heterocycles. The van der Waals surface area contributed by atoms with E-state index < -0.39 is 12.1 Å². The number of ether oxygens (including phenoxy) is 5. The second-order valence-corrected chi connectivity index (χ2v) is 16.7. The molecule has 1 aliphatic heterocycles. The lowest BCUT2D eigenvalue weighted by Crippen LogP contribution is -2.45. The number of hydrogen-bond acceptors (Lipinski definition) is 14. The topological polar surface area (TPSA) is 154 Å². The highest BCUT2D eigenvalue weighted by Gasteiger charge is 2.30. The minimum atomic E-state index is -1.33. The molecule has 0 radical (unpaired) electrons. The molecule has 1 aliphatic carbocycles. The van der Waals surface area contributed by atoms with Gasteiger partial charge in [0.05, 0.1) is 45.8 Å². The lowest BCUT2D eigenvalue weighted by atomic mass is 9.87. The van der Waals surface area contributed by atoms with Gasteiger partial charge >= 0.3 is 5.97 Å². The van der Waals surface area contributed by atoms with Gasteiger partial charge in [-0.1, -0.05) is 41.9 Å². The normalized spacial score (nSPS) is 15.3. The average Bonchev–Trinajstić information content (AvgIpc) is 3.73. The van der Waals surface area contributed by atoms with Crippen molar-refractivity contribution >= 4 is 44.8 Å². The van der Waals surface area contributed by atoms with Crippen molar-refractivity contribution in [2.45, 2.75) is 45.8 Å². The largest absolute Gasteiger partial charge is 0.496 e. The van der Waals surface area contributed by atoms with Gasteiger partial charge in [-0.3, -0.25) is 9.88 Å². The van der Waals surface area contributed by atoms with Gasteiger partial charge in [0.1, 0.15) is 30.5 Å². The van der Waals surface area contributed by atoms with Gasteiger partial charge in [-0.15, -0.1) is 0 Å². The zero-order chi connectivity index (χ0) is 44.6. The molecule has 0 amide bonds. The number of rotatable bonds is 18. The van der Waals surface area contributed by atoms with Crippen molar-refractivity contribution in [2.24, 2.45) is 0 Å². The fourth-order valence-corrected chi connectivity index (χ4v) is 8.86. The van der Waals surface area contributed by atoms with Gasteiger partial charge < -0.3 is 33.7 Å². The molecule has 1 atom stereocenters. The van der Waals surface area contributed by atoms with Crippen LogP contribution in [-0.4, -0.2) is 111 Å². The zero-order valence-corrected chi connectivity index (χ0v) is 37.8. The lowest BCUT2D eigenvalue weighted by Gasteiger charge is -2.32. The maximum atomic E-state index is 13.1. The van der Waals surface area contributed by atoms with Crippen molar-refractivity contribution in [1.82, 2.24) is 34.1 Å². The number of likely N-dealkylation sites (N-methyl/N-ethyl adjacent to an activating group) is 1. The number of carbonyl (C=O) groups is 1. The number of para-hydroxylation sites is 2. The highest BCUT2D eigenvalue weighted by atomic mass is 35.5. The van der Waals surface area contributed by atoms with Gasteiger partial charge in [-0.25, -0.2) is 19.7 Å². The van der Waals surface area contributed by atoms with E-state index in [0.29, 0.717) is 76.6 Å². The Morgan fingerprint density at radius 3 is 2.52 bits per heavy atom. The molecule has 332 valence electrons. The zero-order valence-electron chi connectivity index (χ0n) is 36.3. The molecular formula is C48H50ClN7O7S. The van der Waals surface area contributed by atoms with Crippen molar-refractivity contribution in [3.05, 3.63) is 119 Å². The van der Waals surface area contributed by atoms with Crippen LogP contribution >= 0.6 is 23.1 Å². The molecule has 0 bridgehead atoms. The van der Waals surface area contributed by atoms with E-state index in [1.807, 2.05) is 68.4 Å². The number of hydrogen-bond donors (Lipinski definition) is 1. The van der Waals surface area contributed by atoms with Crippen molar-refractivity contribution in [3.63, 3.8) is 0 Å². The third-order valence-corrected chi connectivity index (χ3v) is 12.6. The predicted octanol–water partition coefficient (Wildman–Crippen LogP) is 8.55. The van der Waals surface area contributed by atoms with Crippen LogP contribution in [0.5, 0.6) is 23.3 Å².